The fraction of sp³-hybridized carbons (Fsp3) is 0.455. The fourth-order valence-corrected chi connectivity index (χ4v) is 1.51. The summed E-state index contributed by atoms with van der Waals surface area (Å²) in [5.41, 5.74) is 3.10. The van der Waals surface area contributed by atoms with Crippen molar-refractivity contribution in [3.05, 3.63) is 35.4 Å². The molecule has 1 aromatic carbocycles. The van der Waals surface area contributed by atoms with Crippen molar-refractivity contribution in [2.24, 2.45) is 5.84 Å². The van der Waals surface area contributed by atoms with Crippen LogP contribution in [0.15, 0.2) is 18.2 Å². The molecule has 3 N–H and O–H groups in total. The fourth-order valence-electron chi connectivity index (χ4n) is 1.51. The highest BCUT2D eigenvalue weighted by atomic mass is 19.1. The molecule has 0 amide bonds. The van der Waals surface area contributed by atoms with Crippen LogP contribution < -0.4 is 11.3 Å². The number of hydrogen-bond acceptors (Lipinski definition) is 3. The van der Waals surface area contributed by atoms with Gasteiger partial charge in [-0.3, -0.25) is 11.3 Å². The molecule has 0 aliphatic heterocycles. The number of hydrogen-bond donors (Lipinski definition) is 2. The minimum atomic E-state index is -0.583. The predicted molar refractivity (Wildman–Crippen MR) is 59.6 cm³/mol. The predicted octanol–water partition coefficient (Wildman–Crippen LogP) is 1.42. The van der Waals surface area contributed by atoms with Gasteiger partial charge >= 0.3 is 0 Å². The molecule has 3 nitrogen and oxygen atoms in total. The zero-order chi connectivity index (χ0) is 12.1. The van der Waals surface area contributed by atoms with E-state index in [1.165, 1.54) is 12.1 Å². The van der Waals surface area contributed by atoms with Gasteiger partial charge in [-0.25, -0.2) is 8.78 Å². The Bertz CT molecular complexity index is 322. The van der Waals surface area contributed by atoms with Gasteiger partial charge in [0.15, 0.2) is 0 Å². The highest BCUT2D eigenvalue weighted by Gasteiger charge is 2.12. The summed E-state index contributed by atoms with van der Waals surface area (Å²) in [4.78, 5) is 1.99. The summed E-state index contributed by atoms with van der Waals surface area (Å²) < 4.78 is 26.0. The first-order chi connectivity index (χ1) is 7.52. The van der Waals surface area contributed by atoms with Crippen LogP contribution in [0.5, 0.6) is 0 Å². The largest absolute Gasteiger partial charge is 0.309 e. The Morgan fingerprint density at radius 1 is 1.25 bits per heavy atom. The lowest BCUT2D eigenvalue weighted by Crippen LogP contribution is -2.30. The number of nitrogens with two attached hydrogens (primary N) is 1. The van der Waals surface area contributed by atoms with Crippen LogP contribution in [0.1, 0.15) is 18.0 Å². The summed E-state index contributed by atoms with van der Waals surface area (Å²) in [6.45, 7) is 0.785. The molecule has 0 saturated carbocycles. The Morgan fingerprint density at radius 2 is 1.81 bits per heavy atom. The first kappa shape index (κ1) is 13.0. The Morgan fingerprint density at radius 3 is 2.25 bits per heavy atom. The van der Waals surface area contributed by atoms with Crippen LogP contribution in [0.3, 0.4) is 0 Å². The molecule has 0 bridgehead atoms. The lowest BCUT2D eigenvalue weighted by atomic mass is 10.0. The lowest BCUT2D eigenvalue weighted by molar-refractivity contribution is 0.362. The Balaban J connectivity index is 2.78. The topological polar surface area (TPSA) is 41.3 Å². The van der Waals surface area contributed by atoms with Gasteiger partial charge in [0.05, 0.1) is 0 Å². The molecule has 1 rings (SSSR count). The van der Waals surface area contributed by atoms with Gasteiger partial charge in [-0.05, 0) is 44.8 Å². The maximum absolute atomic E-state index is 13.0. The van der Waals surface area contributed by atoms with Crippen molar-refractivity contribution in [2.45, 2.75) is 12.5 Å². The second-order valence-corrected chi connectivity index (χ2v) is 4.01. The van der Waals surface area contributed by atoms with Crippen LogP contribution in [0.25, 0.3) is 0 Å². The molecule has 0 aliphatic carbocycles. The second-order valence-electron chi connectivity index (χ2n) is 4.01. The van der Waals surface area contributed by atoms with Crippen LogP contribution >= 0.6 is 0 Å². The average Bonchev–Trinajstić information content (AvgIpc) is 2.16. The molecule has 0 radical (unpaired) electrons. The van der Waals surface area contributed by atoms with Gasteiger partial charge in [-0.1, -0.05) is 0 Å². The van der Waals surface area contributed by atoms with Gasteiger partial charge < -0.3 is 4.90 Å². The summed E-state index contributed by atoms with van der Waals surface area (Å²) >= 11 is 0. The molecule has 5 heteroatoms. The van der Waals surface area contributed by atoms with E-state index in [4.69, 9.17) is 5.84 Å². The molecule has 0 saturated heterocycles. The Hall–Kier alpha value is -1.04. The second kappa shape index (κ2) is 5.89. The van der Waals surface area contributed by atoms with Crippen LogP contribution in [-0.2, 0) is 0 Å². The van der Waals surface area contributed by atoms with Crippen molar-refractivity contribution in [1.29, 1.82) is 0 Å². The third kappa shape index (κ3) is 3.84. The molecule has 0 spiro atoms. The van der Waals surface area contributed by atoms with Crippen LogP contribution in [0, 0.1) is 11.6 Å². The summed E-state index contributed by atoms with van der Waals surface area (Å²) in [5, 5.41) is 0. The first-order valence-corrected chi connectivity index (χ1v) is 5.09. The SMILES string of the molecule is CN(C)CCC(NN)c1cc(F)cc(F)c1. The highest BCUT2D eigenvalue weighted by molar-refractivity contribution is 5.21. The molecule has 1 aromatic rings. The number of nitrogens with zero attached hydrogens (tertiary/aromatic N) is 1. The number of benzene rings is 1. The summed E-state index contributed by atoms with van der Waals surface area (Å²) in [7, 11) is 3.86. The van der Waals surface area contributed by atoms with Crippen molar-refractivity contribution in [1.82, 2.24) is 10.3 Å². The van der Waals surface area contributed by atoms with Crippen molar-refractivity contribution < 1.29 is 8.78 Å². The average molecular weight is 229 g/mol. The lowest BCUT2D eigenvalue weighted by Gasteiger charge is -2.19. The molecule has 1 atom stereocenters. The van der Waals surface area contributed by atoms with Crippen LogP contribution in [0.4, 0.5) is 8.78 Å². The molecule has 0 aliphatic rings. The van der Waals surface area contributed by atoms with Gasteiger partial charge in [0, 0.05) is 12.1 Å². The van der Waals surface area contributed by atoms with Crippen molar-refractivity contribution in [2.75, 3.05) is 20.6 Å². The monoisotopic (exact) mass is 229 g/mol. The smallest absolute Gasteiger partial charge is 0.126 e. The first-order valence-electron chi connectivity index (χ1n) is 5.09. The molecular weight excluding hydrogens is 212 g/mol. The van der Waals surface area contributed by atoms with E-state index in [0.717, 1.165) is 12.6 Å². The highest BCUT2D eigenvalue weighted by Crippen LogP contribution is 2.18. The zero-order valence-electron chi connectivity index (χ0n) is 9.50. The standard InChI is InChI=1S/C11H17F2N3/c1-16(2)4-3-11(15-14)8-5-9(12)7-10(13)6-8/h5-7,11,15H,3-4,14H2,1-2H3. The van der Waals surface area contributed by atoms with Gasteiger partial charge in [-0.2, -0.15) is 0 Å². The van der Waals surface area contributed by atoms with E-state index in [9.17, 15) is 8.78 Å². The van der Waals surface area contributed by atoms with E-state index in [1.54, 1.807) is 0 Å². The molecule has 0 aromatic heterocycles. The molecule has 90 valence electrons. The summed E-state index contributed by atoms with van der Waals surface area (Å²) in [6, 6.07) is 3.20. The maximum Gasteiger partial charge on any atom is 0.126 e. The van der Waals surface area contributed by atoms with Crippen molar-refractivity contribution in [3.8, 4) is 0 Å². The van der Waals surface area contributed by atoms with E-state index >= 15 is 0 Å². The van der Waals surface area contributed by atoms with Crippen molar-refractivity contribution in [3.63, 3.8) is 0 Å². The van der Waals surface area contributed by atoms with Crippen molar-refractivity contribution >= 4 is 0 Å². The molecular formula is C11H17F2N3. The van der Waals surface area contributed by atoms with Gasteiger partial charge in [0.25, 0.3) is 0 Å². The van der Waals surface area contributed by atoms with Crippen LogP contribution in [-0.4, -0.2) is 25.5 Å². The molecule has 0 heterocycles. The van der Waals surface area contributed by atoms with Gasteiger partial charge in [-0.15, -0.1) is 0 Å². The summed E-state index contributed by atoms with van der Waals surface area (Å²) in [6.07, 6.45) is 0.687. The molecule has 0 fully saturated rings. The van der Waals surface area contributed by atoms with E-state index in [2.05, 4.69) is 5.43 Å². The Labute approximate surface area is 94.2 Å². The van der Waals surface area contributed by atoms with Gasteiger partial charge in [0.1, 0.15) is 11.6 Å². The molecule has 16 heavy (non-hydrogen) atoms. The number of halogens is 2. The van der Waals surface area contributed by atoms with Gasteiger partial charge in [0.2, 0.25) is 0 Å². The third-order valence-corrected chi connectivity index (χ3v) is 2.35. The normalized spacial score (nSPS) is 13.1. The zero-order valence-corrected chi connectivity index (χ0v) is 9.50. The van der Waals surface area contributed by atoms with E-state index in [1.807, 2.05) is 19.0 Å². The number of nitrogens with one attached hydrogen (secondary N) is 1. The maximum atomic E-state index is 13.0. The van der Waals surface area contributed by atoms with E-state index < -0.39 is 11.6 Å². The van der Waals surface area contributed by atoms with E-state index in [0.29, 0.717) is 12.0 Å². The third-order valence-electron chi connectivity index (χ3n) is 2.35. The Kier molecular flexibility index (Phi) is 4.79. The summed E-state index contributed by atoms with van der Waals surface area (Å²) in [5.74, 6) is 4.21. The van der Waals surface area contributed by atoms with Crippen LogP contribution in [0.2, 0.25) is 0 Å². The number of hydrazine groups is 1. The number of rotatable bonds is 5. The minimum absolute atomic E-state index is 0.243. The van der Waals surface area contributed by atoms with E-state index in [-0.39, 0.29) is 6.04 Å². The molecule has 1 unspecified atom stereocenters. The minimum Gasteiger partial charge on any atom is -0.309 e. The quantitative estimate of drug-likeness (QED) is 0.592.